The number of nitrogens with one attached hydrogen (secondary N) is 1. The van der Waals surface area contributed by atoms with E-state index in [4.69, 9.17) is 23.9 Å². The number of hydrogen-bond acceptors (Lipinski definition) is 3. The number of aromatic nitrogens is 2. The van der Waals surface area contributed by atoms with Gasteiger partial charge in [-0.15, -0.1) is 0 Å². The SMILES string of the molecule is [C-]#[N+]c1ccc(NC(=O)N2Cc3c(C(N)=O)c(-c4ccc(F)c(Cl)c4)nn3[C@H](CF)C2)cc1F. The molecule has 0 radical (unpaired) electrons. The maximum Gasteiger partial charge on any atom is 0.322 e. The average molecular weight is 489 g/mol. The lowest BCUT2D eigenvalue weighted by Gasteiger charge is -2.33. The Morgan fingerprint density at radius 2 is 2.00 bits per heavy atom. The summed E-state index contributed by atoms with van der Waals surface area (Å²) in [6, 6.07) is 5.70. The molecule has 3 N–H and O–H groups in total. The maximum absolute atomic E-state index is 13.9. The van der Waals surface area contributed by atoms with Crippen LogP contribution in [0.25, 0.3) is 16.1 Å². The number of halogens is 4. The van der Waals surface area contributed by atoms with Gasteiger partial charge in [-0.1, -0.05) is 17.7 Å². The summed E-state index contributed by atoms with van der Waals surface area (Å²) in [4.78, 5) is 29.4. The van der Waals surface area contributed by atoms with E-state index < -0.39 is 36.3 Å². The summed E-state index contributed by atoms with van der Waals surface area (Å²) in [5.41, 5.74) is 6.02. The number of fused-ring (bicyclic) bond motifs is 1. The van der Waals surface area contributed by atoms with Crippen LogP contribution in [0.5, 0.6) is 0 Å². The number of urea groups is 1. The molecule has 8 nitrogen and oxygen atoms in total. The first-order chi connectivity index (χ1) is 16.2. The van der Waals surface area contributed by atoms with E-state index in [0.717, 1.165) is 12.1 Å². The van der Waals surface area contributed by atoms with Gasteiger partial charge in [0.05, 0.1) is 35.4 Å². The number of amides is 3. The van der Waals surface area contributed by atoms with E-state index in [1.807, 2.05) is 0 Å². The Kier molecular flexibility index (Phi) is 6.17. The van der Waals surface area contributed by atoms with Crippen LogP contribution in [0.15, 0.2) is 36.4 Å². The highest BCUT2D eigenvalue weighted by Gasteiger charge is 2.35. The van der Waals surface area contributed by atoms with Gasteiger partial charge in [-0.2, -0.15) is 5.10 Å². The molecular formula is C22H16ClF3N6O2. The molecule has 0 bridgehead atoms. The van der Waals surface area contributed by atoms with Gasteiger partial charge in [0.1, 0.15) is 24.0 Å². The van der Waals surface area contributed by atoms with Crippen LogP contribution in [0.1, 0.15) is 22.1 Å². The fraction of sp³-hybridized carbons (Fsp3) is 0.182. The predicted octanol–water partition coefficient (Wildman–Crippen LogP) is 4.69. The third-order valence-corrected chi connectivity index (χ3v) is 5.64. The molecule has 0 fully saturated rings. The summed E-state index contributed by atoms with van der Waals surface area (Å²) < 4.78 is 42.7. The van der Waals surface area contributed by atoms with Crippen LogP contribution in [-0.4, -0.2) is 39.8 Å². The van der Waals surface area contributed by atoms with E-state index in [2.05, 4.69) is 15.3 Å². The molecule has 1 aromatic heterocycles. The molecule has 1 aliphatic rings. The van der Waals surface area contributed by atoms with Crippen LogP contribution < -0.4 is 11.1 Å². The van der Waals surface area contributed by atoms with Crippen LogP contribution >= 0.6 is 11.6 Å². The van der Waals surface area contributed by atoms with E-state index >= 15 is 0 Å². The second-order valence-corrected chi connectivity index (χ2v) is 7.91. The zero-order valence-corrected chi connectivity index (χ0v) is 18.1. The number of carbonyl (C=O) groups excluding carboxylic acids is 2. The minimum Gasteiger partial charge on any atom is -0.365 e. The molecule has 3 aromatic rings. The molecule has 0 spiro atoms. The Labute approximate surface area is 196 Å². The summed E-state index contributed by atoms with van der Waals surface area (Å²) in [6.07, 6.45) is 0. The highest BCUT2D eigenvalue weighted by atomic mass is 35.5. The van der Waals surface area contributed by atoms with Crippen LogP contribution in [0, 0.1) is 18.2 Å². The number of benzene rings is 2. The Balaban J connectivity index is 1.69. The Bertz CT molecular complexity index is 1350. The molecular weight excluding hydrogens is 473 g/mol. The van der Waals surface area contributed by atoms with Crippen molar-refractivity contribution in [1.29, 1.82) is 0 Å². The van der Waals surface area contributed by atoms with Crippen molar-refractivity contribution in [2.24, 2.45) is 5.73 Å². The number of alkyl halides is 1. The largest absolute Gasteiger partial charge is 0.365 e. The molecule has 3 amide bonds. The molecule has 1 aliphatic heterocycles. The lowest BCUT2D eigenvalue weighted by Crippen LogP contribution is -2.44. The second-order valence-electron chi connectivity index (χ2n) is 7.50. The number of carbonyl (C=O) groups is 2. The number of nitrogens with two attached hydrogens (primary N) is 1. The first kappa shape index (κ1) is 23.1. The van der Waals surface area contributed by atoms with E-state index in [-0.39, 0.29) is 46.4 Å². The summed E-state index contributed by atoms with van der Waals surface area (Å²) in [7, 11) is 0. The third-order valence-electron chi connectivity index (χ3n) is 5.35. The fourth-order valence-electron chi connectivity index (χ4n) is 3.75. The number of hydrogen-bond donors (Lipinski definition) is 2. The normalized spacial score (nSPS) is 14.9. The molecule has 0 unspecified atom stereocenters. The highest BCUT2D eigenvalue weighted by molar-refractivity contribution is 6.31. The molecule has 4 rings (SSSR count). The van der Waals surface area contributed by atoms with Crippen molar-refractivity contribution in [3.8, 4) is 11.3 Å². The van der Waals surface area contributed by atoms with Gasteiger partial charge < -0.3 is 16.0 Å². The molecule has 12 heteroatoms. The Morgan fingerprint density at radius 1 is 1.24 bits per heavy atom. The van der Waals surface area contributed by atoms with E-state index in [1.54, 1.807) is 0 Å². The average Bonchev–Trinajstić information content (AvgIpc) is 3.20. The standard InChI is InChI=1S/C22H16ClF3N6O2/c1-28-17-5-3-12(7-16(17)26)29-22(34)31-9-13(8-24)32-18(10-31)19(21(27)33)20(30-32)11-2-4-15(25)14(23)6-11/h2-7,13H,8-10H2,(H2,27,33)(H,29,34)/t13-/m1/s1. The third kappa shape index (κ3) is 4.15. The summed E-state index contributed by atoms with van der Waals surface area (Å²) in [5.74, 6) is -2.33. The summed E-state index contributed by atoms with van der Waals surface area (Å²) in [6.45, 7) is 5.74. The van der Waals surface area contributed by atoms with Crippen molar-refractivity contribution in [2.75, 3.05) is 18.5 Å². The Hall–Kier alpha value is -4.04. The molecule has 0 saturated heterocycles. The van der Waals surface area contributed by atoms with Crippen LogP contribution in [-0.2, 0) is 6.54 Å². The minimum atomic E-state index is -0.932. The van der Waals surface area contributed by atoms with Gasteiger partial charge >= 0.3 is 6.03 Å². The van der Waals surface area contributed by atoms with Gasteiger partial charge in [0.25, 0.3) is 5.91 Å². The van der Waals surface area contributed by atoms with Crippen LogP contribution in [0.2, 0.25) is 5.02 Å². The minimum absolute atomic E-state index is 0.0499. The smallest absolute Gasteiger partial charge is 0.322 e. The van der Waals surface area contributed by atoms with Gasteiger partial charge in [-0.05, 0) is 30.3 Å². The first-order valence-electron chi connectivity index (χ1n) is 9.89. The van der Waals surface area contributed by atoms with Gasteiger partial charge in [-0.3, -0.25) is 9.48 Å². The molecule has 0 saturated carbocycles. The van der Waals surface area contributed by atoms with Gasteiger partial charge in [0.15, 0.2) is 0 Å². The second kappa shape index (κ2) is 9.07. The monoisotopic (exact) mass is 488 g/mol. The maximum atomic E-state index is 13.9. The molecule has 174 valence electrons. The number of anilines is 1. The topological polar surface area (TPSA) is 97.6 Å². The van der Waals surface area contributed by atoms with Crippen molar-refractivity contribution in [1.82, 2.24) is 14.7 Å². The molecule has 2 heterocycles. The van der Waals surface area contributed by atoms with Gasteiger partial charge in [0, 0.05) is 17.8 Å². The molecule has 34 heavy (non-hydrogen) atoms. The van der Waals surface area contributed by atoms with E-state index in [9.17, 15) is 22.8 Å². The zero-order valence-electron chi connectivity index (χ0n) is 17.4. The number of primary amides is 1. The van der Waals surface area contributed by atoms with Crippen molar-refractivity contribution in [2.45, 2.75) is 12.6 Å². The molecule has 2 aromatic carbocycles. The lowest BCUT2D eigenvalue weighted by molar-refractivity contribution is 0.0995. The Morgan fingerprint density at radius 3 is 2.62 bits per heavy atom. The van der Waals surface area contributed by atoms with Gasteiger partial charge in [-0.25, -0.2) is 22.8 Å². The molecule has 0 aliphatic carbocycles. The molecule has 1 atom stereocenters. The van der Waals surface area contributed by atoms with Crippen molar-refractivity contribution >= 4 is 34.9 Å². The summed E-state index contributed by atoms with van der Waals surface area (Å²) in [5, 5.41) is 6.63. The zero-order chi connectivity index (χ0) is 24.6. The van der Waals surface area contributed by atoms with Crippen molar-refractivity contribution < 1.29 is 22.8 Å². The van der Waals surface area contributed by atoms with Crippen molar-refractivity contribution in [3.05, 3.63) is 75.7 Å². The number of rotatable bonds is 4. The predicted molar refractivity (Wildman–Crippen MR) is 118 cm³/mol. The highest BCUT2D eigenvalue weighted by Crippen LogP contribution is 2.33. The lowest BCUT2D eigenvalue weighted by atomic mass is 10.0. The fourth-order valence-corrected chi connectivity index (χ4v) is 3.93. The quantitative estimate of drug-likeness (QED) is 0.521. The van der Waals surface area contributed by atoms with E-state index in [1.165, 1.54) is 33.8 Å². The van der Waals surface area contributed by atoms with Crippen molar-refractivity contribution in [3.63, 3.8) is 0 Å². The van der Waals surface area contributed by atoms with Gasteiger partial charge in [0.2, 0.25) is 5.69 Å². The van der Waals surface area contributed by atoms with E-state index in [0.29, 0.717) is 5.56 Å². The summed E-state index contributed by atoms with van der Waals surface area (Å²) >= 11 is 5.86. The first-order valence-corrected chi connectivity index (χ1v) is 10.3. The van der Waals surface area contributed by atoms with Crippen LogP contribution in [0.3, 0.4) is 0 Å². The number of nitrogens with zero attached hydrogens (tertiary/aromatic N) is 4. The van der Waals surface area contributed by atoms with Crippen LogP contribution in [0.4, 0.5) is 29.3 Å².